The summed E-state index contributed by atoms with van der Waals surface area (Å²) in [6.07, 6.45) is 1.69. The minimum Gasteiger partial charge on any atom is -0.389 e. The number of hydrogen-bond acceptors (Lipinski definition) is 4. The fourth-order valence-corrected chi connectivity index (χ4v) is 2.74. The molecule has 0 spiro atoms. The molecule has 0 aliphatic carbocycles. The molecule has 5 heteroatoms. The molecule has 0 radical (unpaired) electrons. The predicted octanol–water partition coefficient (Wildman–Crippen LogP) is 3.40. The number of aromatic nitrogens is 1. The van der Waals surface area contributed by atoms with Crippen LogP contribution in [0.4, 0.5) is 10.1 Å². The van der Waals surface area contributed by atoms with Crippen LogP contribution in [0.15, 0.2) is 0 Å². The molecular weight excluding hydrogens is 246 g/mol. The van der Waals surface area contributed by atoms with Gasteiger partial charge in [0.05, 0.1) is 5.69 Å². The van der Waals surface area contributed by atoms with Crippen molar-refractivity contribution in [1.29, 1.82) is 0 Å². The van der Waals surface area contributed by atoms with E-state index >= 15 is 0 Å². The summed E-state index contributed by atoms with van der Waals surface area (Å²) in [4.78, 5) is 16.4. The Bertz CT molecular complexity index is 416. The maximum atomic E-state index is 12.0. The number of rotatable bonds is 4. The lowest BCUT2D eigenvalue weighted by molar-refractivity contribution is -0.120. The van der Waals surface area contributed by atoms with Crippen molar-refractivity contribution in [2.45, 2.75) is 52.9 Å². The zero-order chi connectivity index (χ0) is 13.9. The van der Waals surface area contributed by atoms with E-state index in [0.717, 1.165) is 18.5 Å². The molecule has 1 heterocycles. The monoisotopic (exact) mass is 269 g/mol. The smallest absolute Gasteiger partial charge is 0.229 e. The average molecular weight is 269 g/mol. The summed E-state index contributed by atoms with van der Waals surface area (Å²) in [5.41, 5.74) is 6.70. The maximum Gasteiger partial charge on any atom is 0.229 e. The van der Waals surface area contributed by atoms with Crippen molar-refractivity contribution in [2.24, 2.45) is 5.92 Å². The minimum absolute atomic E-state index is 0.0363. The van der Waals surface area contributed by atoms with Gasteiger partial charge in [-0.05, 0) is 12.8 Å². The molecule has 1 amide bonds. The van der Waals surface area contributed by atoms with Crippen LogP contribution in [0.3, 0.4) is 0 Å². The number of carbonyl (C=O) groups excluding carboxylic acids is 1. The van der Waals surface area contributed by atoms with Gasteiger partial charge in [0, 0.05) is 11.3 Å². The third kappa shape index (κ3) is 3.45. The molecule has 4 nitrogen and oxygen atoms in total. The van der Waals surface area contributed by atoms with Crippen LogP contribution in [0.2, 0.25) is 0 Å². The van der Waals surface area contributed by atoms with Gasteiger partial charge in [-0.3, -0.25) is 4.79 Å². The Morgan fingerprint density at radius 2 is 1.94 bits per heavy atom. The fourth-order valence-electron chi connectivity index (χ4n) is 1.79. The molecule has 3 N–H and O–H groups in total. The summed E-state index contributed by atoms with van der Waals surface area (Å²) in [5, 5.41) is 4.15. The Hall–Kier alpha value is -1.10. The molecule has 0 saturated heterocycles. The highest BCUT2D eigenvalue weighted by molar-refractivity contribution is 7.19. The van der Waals surface area contributed by atoms with Gasteiger partial charge < -0.3 is 11.1 Å². The third-order valence-corrected chi connectivity index (χ3v) is 3.75. The van der Waals surface area contributed by atoms with Crippen LogP contribution in [-0.4, -0.2) is 10.9 Å². The lowest BCUT2D eigenvalue weighted by atomic mass is 9.93. The van der Waals surface area contributed by atoms with Crippen molar-refractivity contribution in [2.75, 3.05) is 11.1 Å². The van der Waals surface area contributed by atoms with Crippen molar-refractivity contribution in [3.63, 3.8) is 0 Å². The lowest BCUT2D eigenvalue weighted by Crippen LogP contribution is -2.21. The van der Waals surface area contributed by atoms with Gasteiger partial charge in [0.1, 0.15) is 5.00 Å². The molecule has 0 bridgehead atoms. The Morgan fingerprint density at radius 1 is 1.39 bits per heavy atom. The van der Waals surface area contributed by atoms with E-state index < -0.39 is 0 Å². The van der Waals surface area contributed by atoms with Crippen LogP contribution in [0, 0.1) is 5.92 Å². The molecule has 0 aliphatic rings. The molecule has 0 aromatic carbocycles. The minimum atomic E-state index is -0.0987. The number of nitrogen functional groups attached to an aromatic ring is 1. The molecule has 0 unspecified atom stereocenters. The molecule has 0 atom stereocenters. The van der Waals surface area contributed by atoms with Gasteiger partial charge in [-0.1, -0.05) is 46.0 Å². The number of hydrogen-bond donors (Lipinski definition) is 2. The van der Waals surface area contributed by atoms with E-state index in [-0.39, 0.29) is 17.2 Å². The molecule has 1 aromatic rings. The summed E-state index contributed by atoms with van der Waals surface area (Å²) in [7, 11) is 0. The number of thiazole rings is 1. The summed E-state index contributed by atoms with van der Waals surface area (Å²) < 4.78 is 0. The van der Waals surface area contributed by atoms with Gasteiger partial charge in [0.2, 0.25) is 5.91 Å². The zero-order valence-corrected chi connectivity index (χ0v) is 12.6. The van der Waals surface area contributed by atoms with E-state index in [2.05, 4.69) is 31.1 Å². The van der Waals surface area contributed by atoms with Crippen molar-refractivity contribution in [1.82, 2.24) is 4.98 Å². The van der Waals surface area contributed by atoms with E-state index in [1.54, 1.807) is 0 Å². The van der Waals surface area contributed by atoms with Gasteiger partial charge in [-0.25, -0.2) is 4.98 Å². The van der Waals surface area contributed by atoms with Crippen molar-refractivity contribution in [3.8, 4) is 0 Å². The summed E-state index contributed by atoms with van der Waals surface area (Å²) in [6.45, 7) is 10.2. The van der Waals surface area contributed by atoms with Crippen LogP contribution in [0.1, 0.15) is 53.2 Å². The van der Waals surface area contributed by atoms with Crippen LogP contribution in [0.5, 0.6) is 0 Å². The average Bonchev–Trinajstić information content (AvgIpc) is 2.60. The van der Waals surface area contributed by atoms with Crippen LogP contribution in [-0.2, 0) is 10.2 Å². The molecule has 0 aliphatic heterocycles. The highest BCUT2D eigenvalue weighted by Crippen LogP contribution is 2.34. The van der Waals surface area contributed by atoms with Crippen LogP contribution < -0.4 is 11.1 Å². The summed E-state index contributed by atoms with van der Waals surface area (Å²) in [6, 6.07) is 0. The van der Waals surface area contributed by atoms with Crippen molar-refractivity contribution < 1.29 is 4.79 Å². The van der Waals surface area contributed by atoms with Gasteiger partial charge in [0.25, 0.3) is 0 Å². The molecule has 0 fully saturated rings. The van der Waals surface area contributed by atoms with Crippen LogP contribution >= 0.6 is 11.3 Å². The Labute approximate surface area is 113 Å². The largest absolute Gasteiger partial charge is 0.389 e. The highest BCUT2D eigenvalue weighted by atomic mass is 32.1. The van der Waals surface area contributed by atoms with Gasteiger partial charge in [0.15, 0.2) is 5.13 Å². The number of nitrogens with zero attached hydrogens (tertiary/aromatic N) is 1. The first-order valence-corrected chi connectivity index (χ1v) is 7.18. The number of carbonyl (C=O) groups is 1. The quantitative estimate of drug-likeness (QED) is 0.880. The van der Waals surface area contributed by atoms with E-state index in [1.165, 1.54) is 11.3 Å². The molecular formula is C13H23N3OS. The second kappa shape index (κ2) is 5.69. The second-order valence-electron chi connectivity index (χ2n) is 5.48. The second-order valence-corrected chi connectivity index (χ2v) is 6.52. The van der Waals surface area contributed by atoms with Gasteiger partial charge in [-0.2, -0.15) is 0 Å². The number of anilines is 2. The van der Waals surface area contributed by atoms with E-state index in [4.69, 9.17) is 5.73 Å². The molecule has 0 saturated carbocycles. The number of amides is 1. The zero-order valence-electron chi connectivity index (χ0n) is 11.8. The first-order chi connectivity index (χ1) is 8.29. The Kier molecular flexibility index (Phi) is 4.73. The van der Waals surface area contributed by atoms with E-state index in [0.29, 0.717) is 10.1 Å². The van der Waals surface area contributed by atoms with Gasteiger partial charge in [-0.15, -0.1) is 0 Å². The predicted molar refractivity (Wildman–Crippen MR) is 77.9 cm³/mol. The normalized spacial score (nSPS) is 11.9. The highest BCUT2D eigenvalue weighted by Gasteiger charge is 2.23. The fraction of sp³-hybridized carbons (Fsp3) is 0.692. The SMILES string of the molecule is CCC(CC)C(=O)Nc1nc(C(C)(C)C)c(N)s1. The number of nitrogens with one attached hydrogen (secondary N) is 1. The molecule has 102 valence electrons. The molecule has 18 heavy (non-hydrogen) atoms. The summed E-state index contributed by atoms with van der Waals surface area (Å²) >= 11 is 1.34. The standard InChI is InChI=1S/C13H23N3OS/c1-6-8(7-2)11(17)16-12-15-9(10(14)18-12)13(3,4)5/h8H,6-7,14H2,1-5H3,(H,15,16,17). The van der Waals surface area contributed by atoms with Crippen molar-refractivity contribution in [3.05, 3.63) is 5.69 Å². The first-order valence-electron chi connectivity index (χ1n) is 6.37. The molecule has 1 aromatic heterocycles. The Balaban J connectivity index is 2.84. The first kappa shape index (κ1) is 15.0. The van der Waals surface area contributed by atoms with Crippen LogP contribution in [0.25, 0.3) is 0 Å². The summed E-state index contributed by atoms with van der Waals surface area (Å²) in [5.74, 6) is 0.0856. The topological polar surface area (TPSA) is 68.0 Å². The van der Waals surface area contributed by atoms with E-state index in [9.17, 15) is 4.79 Å². The lowest BCUT2D eigenvalue weighted by Gasteiger charge is -2.15. The Morgan fingerprint density at radius 3 is 2.33 bits per heavy atom. The maximum absolute atomic E-state index is 12.0. The third-order valence-electron chi connectivity index (χ3n) is 2.95. The molecule has 1 rings (SSSR count). The van der Waals surface area contributed by atoms with Gasteiger partial charge >= 0.3 is 0 Å². The van der Waals surface area contributed by atoms with E-state index in [1.807, 2.05) is 13.8 Å². The number of nitrogens with two attached hydrogens (primary N) is 1. The van der Waals surface area contributed by atoms with Crippen molar-refractivity contribution >= 4 is 27.4 Å².